The minimum Gasteiger partial charge on any atom is -0.392 e. The minimum absolute atomic E-state index is 0.00954. The molecule has 1 aliphatic carbocycles. The summed E-state index contributed by atoms with van der Waals surface area (Å²) in [4.78, 5) is 16.1. The van der Waals surface area contributed by atoms with Crippen LogP contribution < -0.4 is 0 Å². The maximum Gasteiger partial charge on any atom is 0.223 e. The highest BCUT2D eigenvalue weighted by atomic mass is 32.2. The zero-order valence-electron chi connectivity index (χ0n) is 13.4. The Labute approximate surface area is 133 Å². The number of hydrogen-bond acceptors (Lipinski definition) is 5. The van der Waals surface area contributed by atoms with Crippen LogP contribution in [0.5, 0.6) is 0 Å². The van der Waals surface area contributed by atoms with E-state index in [4.69, 9.17) is 0 Å². The molecule has 128 valence electrons. The van der Waals surface area contributed by atoms with Crippen molar-refractivity contribution in [3.63, 3.8) is 0 Å². The zero-order valence-corrected chi connectivity index (χ0v) is 14.2. The summed E-state index contributed by atoms with van der Waals surface area (Å²) in [6.45, 7) is 5.10. The number of hydrogen-bond donors (Lipinski definition) is 1. The van der Waals surface area contributed by atoms with Gasteiger partial charge in [-0.3, -0.25) is 9.69 Å². The molecule has 1 amide bonds. The van der Waals surface area contributed by atoms with E-state index in [-0.39, 0.29) is 29.4 Å². The van der Waals surface area contributed by atoms with E-state index in [1.54, 1.807) is 11.8 Å². The fraction of sp³-hybridized carbons (Fsp3) is 0.933. The van der Waals surface area contributed by atoms with Crippen LogP contribution in [0.15, 0.2) is 0 Å². The third-order valence-electron chi connectivity index (χ3n) is 4.66. The van der Waals surface area contributed by atoms with Crippen LogP contribution in [0.25, 0.3) is 0 Å². The lowest BCUT2D eigenvalue weighted by Crippen LogP contribution is -2.50. The third-order valence-corrected chi connectivity index (χ3v) is 6.92. The van der Waals surface area contributed by atoms with Gasteiger partial charge in [0.15, 0.2) is 9.84 Å². The first-order valence-electron chi connectivity index (χ1n) is 8.28. The van der Waals surface area contributed by atoms with Crippen LogP contribution in [-0.4, -0.2) is 79.1 Å². The number of nitrogens with zero attached hydrogens (tertiary/aromatic N) is 2. The van der Waals surface area contributed by atoms with Gasteiger partial charge in [0.1, 0.15) is 0 Å². The molecule has 2 aliphatic rings. The van der Waals surface area contributed by atoms with Crippen LogP contribution in [0.3, 0.4) is 0 Å². The minimum atomic E-state index is -3.11. The van der Waals surface area contributed by atoms with E-state index in [1.807, 2.05) is 0 Å². The average molecular weight is 332 g/mol. The lowest BCUT2D eigenvalue weighted by atomic mass is 10.2. The standard InChI is InChI=1S/C15H28N2O4S/c1-13(18)12-16-7-9-17(10-8-16)15(19)6-11-22(20,21)14-4-2-3-5-14/h13-14,18H,2-12H2,1H3. The van der Waals surface area contributed by atoms with Gasteiger partial charge >= 0.3 is 0 Å². The summed E-state index contributed by atoms with van der Waals surface area (Å²) in [5.41, 5.74) is 0. The predicted octanol–water partition coefficient (Wildman–Crippen LogP) is 0.259. The summed E-state index contributed by atoms with van der Waals surface area (Å²) < 4.78 is 24.4. The SMILES string of the molecule is CC(O)CN1CCN(C(=O)CCS(=O)(=O)C2CCCC2)CC1. The molecule has 22 heavy (non-hydrogen) atoms. The monoisotopic (exact) mass is 332 g/mol. The van der Waals surface area contributed by atoms with E-state index in [0.29, 0.717) is 19.6 Å². The number of β-amino-alcohol motifs (C(OH)–C–C–N with tert-alkyl or cyclic N) is 1. The maximum atomic E-state index is 12.2. The van der Waals surface area contributed by atoms with E-state index in [1.165, 1.54) is 0 Å². The molecule has 6 nitrogen and oxygen atoms in total. The number of amides is 1. The highest BCUT2D eigenvalue weighted by molar-refractivity contribution is 7.92. The van der Waals surface area contributed by atoms with Gasteiger partial charge in [0.25, 0.3) is 0 Å². The number of carbonyl (C=O) groups excluding carboxylic acids is 1. The molecule has 0 aromatic carbocycles. The summed E-state index contributed by atoms with van der Waals surface area (Å²) in [5, 5.41) is 9.15. The molecule has 0 aromatic heterocycles. The number of aliphatic hydroxyl groups is 1. The highest BCUT2D eigenvalue weighted by Crippen LogP contribution is 2.25. The van der Waals surface area contributed by atoms with E-state index >= 15 is 0 Å². The molecule has 1 saturated carbocycles. The molecular formula is C15H28N2O4S. The van der Waals surface area contributed by atoms with E-state index < -0.39 is 9.84 Å². The van der Waals surface area contributed by atoms with Crippen molar-refractivity contribution in [3.8, 4) is 0 Å². The normalized spacial score (nSPS) is 22.9. The van der Waals surface area contributed by atoms with Crippen molar-refractivity contribution < 1.29 is 18.3 Å². The Kier molecular flexibility index (Phi) is 6.23. The van der Waals surface area contributed by atoms with Crippen molar-refractivity contribution >= 4 is 15.7 Å². The Hall–Kier alpha value is -0.660. The molecule has 2 rings (SSSR count). The summed E-state index contributed by atoms with van der Waals surface area (Å²) in [6, 6.07) is 0. The van der Waals surface area contributed by atoms with Crippen molar-refractivity contribution in [2.75, 3.05) is 38.5 Å². The van der Waals surface area contributed by atoms with Gasteiger partial charge in [-0.15, -0.1) is 0 Å². The molecule has 7 heteroatoms. The summed E-state index contributed by atoms with van der Waals surface area (Å²) in [5.74, 6) is -0.0667. The molecule has 0 bridgehead atoms. The number of aliphatic hydroxyl groups excluding tert-OH is 1. The van der Waals surface area contributed by atoms with Crippen molar-refractivity contribution in [2.24, 2.45) is 0 Å². The van der Waals surface area contributed by atoms with Crippen LogP contribution in [-0.2, 0) is 14.6 Å². The van der Waals surface area contributed by atoms with Gasteiger partial charge in [-0.1, -0.05) is 12.8 Å². The molecule has 1 heterocycles. The fourth-order valence-electron chi connectivity index (χ4n) is 3.36. The Morgan fingerprint density at radius 1 is 1.18 bits per heavy atom. The van der Waals surface area contributed by atoms with Crippen molar-refractivity contribution in [1.29, 1.82) is 0 Å². The van der Waals surface area contributed by atoms with E-state index in [9.17, 15) is 18.3 Å². The Balaban J connectivity index is 1.74. The number of sulfone groups is 1. The van der Waals surface area contributed by atoms with Crippen molar-refractivity contribution in [2.45, 2.75) is 50.4 Å². The number of rotatable bonds is 6. The van der Waals surface area contributed by atoms with Gasteiger partial charge in [0.05, 0.1) is 17.1 Å². The second kappa shape index (κ2) is 7.75. The quantitative estimate of drug-likeness (QED) is 0.755. The van der Waals surface area contributed by atoms with Crippen molar-refractivity contribution in [3.05, 3.63) is 0 Å². The largest absolute Gasteiger partial charge is 0.392 e. The van der Waals surface area contributed by atoms with Gasteiger partial charge in [-0.05, 0) is 19.8 Å². The van der Waals surface area contributed by atoms with E-state index in [0.717, 1.165) is 38.8 Å². The molecule has 2 fully saturated rings. The lowest BCUT2D eigenvalue weighted by Gasteiger charge is -2.35. The van der Waals surface area contributed by atoms with Crippen LogP contribution >= 0.6 is 0 Å². The smallest absolute Gasteiger partial charge is 0.223 e. The second-order valence-corrected chi connectivity index (χ2v) is 8.95. The molecule has 0 spiro atoms. The lowest BCUT2D eigenvalue weighted by molar-refractivity contribution is -0.132. The third kappa shape index (κ3) is 4.93. The fourth-order valence-corrected chi connectivity index (χ4v) is 5.20. The molecule has 1 unspecified atom stereocenters. The Morgan fingerprint density at radius 3 is 2.32 bits per heavy atom. The van der Waals surface area contributed by atoms with Gasteiger partial charge in [-0.25, -0.2) is 8.42 Å². The second-order valence-electron chi connectivity index (χ2n) is 6.55. The van der Waals surface area contributed by atoms with Gasteiger partial charge in [0, 0.05) is 39.1 Å². The molecular weight excluding hydrogens is 304 g/mol. The Morgan fingerprint density at radius 2 is 1.77 bits per heavy atom. The molecule has 1 saturated heterocycles. The molecule has 1 N–H and O–H groups in total. The number of carbonyl (C=O) groups is 1. The van der Waals surface area contributed by atoms with Gasteiger partial charge in [0.2, 0.25) is 5.91 Å². The number of piperazine rings is 1. The van der Waals surface area contributed by atoms with Crippen LogP contribution in [0.1, 0.15) is 39.0 Å². The van der Waals surface area contributed by atoms with Gasteiger partial charge in [-0.2, -0.15) is 0 Å². The van der Waals surface area contributed by atoms with Crippen molar-refractivity contribution in [1.82, 2.24) is 9.80 Å². The Bertz CT molecular complexity index is 464. The molecule has 1 aliphatic heterocycles. The van der Waals surface area contributed by atoms with E-state index in [2.05, 4.69) is 4.90 Å². The first kappa shape index (κ1) is 17.7. The molecule has 0 radical (unpaired) electrons. The van der Waals surface area contributed by atoms with Crippen LogP contribution in [0.4, 0.5) is 0 Å². The maximum absolute atomic E-state index is 12.2. The average Bonchev–Trinajstić information content (AvgIpc) is 3.00. The topological polar surface area (TPSA) is 77.9 Å². The summed E-state index contributed by atoms with van der Waals surface area (Å²) in [7, 11) is -3.11. The predicted molar refractivity (Wildman–Crippen MR) is 85.4 cm³/mol. The van der Waals surface area contributed by atoms with Gasteiger partial charge < -0.3 is 10.0 Å². The summed E-state index contributed by atoms with van der Waals surface area (Å²) in [6.07, 6.45) is 3.24. The highest BCUT2D eigenvalue weighted by Gasteiger charge is 2.30. The zero-order chi connectivity index (χ0) is 16.2. The molecule has 0 aromatic rings. The molecule has 1 atom stereocenters. The summed E-state index contributed by atoms with van der Waals surface area (Å²) >= 11 is 0. The first-order valence-corrected chi connectivity index (χ1v) is 10.00. The van der Waals surface area contributed by atoms with Crippen LogP contribution in [0, 0.1) is 0 Å². The van der Waals surface area contributed by atoms with Crippen LogP contribution in [0.2, 0.25) is 0 Å². The first-order chi connectivity index (χ1) is 10.4.